The Kier molecular flexibility index (Phi) is 2.63. The summed E-state index contributed by atoms with van der Waals surface area (Å²) in [5.41, 5.74) is 2.87. The van der Waals surface area contributed by atoms with Gasteiger partial charge in [-0.05, 0) is 31.9 Å². The summed E-state index contributed by atoms with van der Waals surface area (Å²) in [7, 11) is 0. The molecule has 6 heteroatoms. The number of hydrogen-bond acceptors (Lipinski definition) is 4. The van der Waals surface area contributed by atoms with E-state index in [4.69, 9.17) is 0 Å². The van der Waals surface area contributed by atoms with E-state index >= 15 is 0 Å². The van der Waals surface area contributed by atoms with Gasteiger partial charge < -0.3 is 0 Å². The first-order valence-electron chi connectivity index (χ1n) is 7.16. The zero-order valence-electron chi connectivity index (χ0n) is 11.8. The monoisotopic (exact) mass is 281 g/mol. The smallest absolute Gasteiger partial charge is 0.283 e. The molecule has 0 spiro atoms. The van der Waals surface area contributed by atoms with Crippen LogP contribution in [-0.2, 0) is 13.0 Å². The number of benzene rings is 1. The number of nitrogens with zero attached hydrogens (tertiary/aromatic N) is 5. The molecule has 0 radical (unpaired) electrons. The molecule has 0 amide bonds. The van der Waals surface area contributed by atoms with Crippen LogP contribution in [0.1, 0.15) is 24.2 Å². The Bertz CT molecular complexity index is 875. The lowest BCUT2D eigenvalue weighted by molar-refractivity contribution is 0.500. The molecule has 0 N–H and O–H groups in total. The van der Waals surface area contributed by atoms with Crippen molar-refractivity contribution in [2.24, 2.45) is 0 Å². The molecule has 3 aromatic rings. The molecule has 4 rings (SSSR count). The van der Waals surface area contributed by atoms with Crippen LogP contribution in [0.2, 0.25) is 0 Å². The number of hydrogen-bond donors (Lipinski definition) is 0. The highest BCUT2D eigenvalue weighted by atomic mass is 16.1. The number of rotatable bonds is 1. The molecule has 0 saturated heterocycles. The lowest BCUT2D eigenvalue weighted by atomic mass is 10.1. The van der Waals surface area contributed by atoms with Crippen LogP contribution in [0.4, 0.5) is 0 Å². The van der Waals surface area contributed by atoms with Crippen LogP contribution in [0.3, 0.4) is 0 Å². The van der Waals surface area contributed by atoms with Gasteiger partial charge >= 0.3 is 0 Å². The molecule has 0 fully saturated rings. The van der Waals surface area contributed by atoms with Gasteiger partial charge in [0.2, 0.25) is 0 Å². The summed E-state index contributed by atoms with van der Waals surface area (Å²) in [6.45, 7) is 2.76. The Morgan fingerprint density at radius 2 is 1.95 bits per heavy atom. The van der Waals surface area contributed by atoms with E-state index in [1.807, 2.05) is 31.2 Å². The Labute approximate surface area is 121 Å². The Hall–Kier alpha value is -2.50. The van der Waals surface area contributed by atoms with Crippen molar-refractivity contribution in [3.63, 3.8) is 0 Å². The van der Waals surface area contributed by atoms with Gasteiger partial charge in [0.25, 0.3) is 5.56 Å². The van der Waals surface area contributed by atoms with E-state index in [1.54, 1.807) is 9.25 Å². The summed E-state index contributed by atoms with van der Waals surface area (Å²) in [5, 5.41) is 8.16. The largest absolute Gasteiger partial charge is 0.295 e. The summed E-state index contributed by atoms with van der Waals surface area (Å²) in [6, 6.07) is 7.94. The first-order chi connectivity index (χ1) is 10.2. The number of aromatic nitrogens is 5. The summed E-state index contributed by atoms with van der Waals surface area (Å²) in [6.07, 6.45) is 2.93. The van der Waals surface area contributed by atoms with Crippen molar-refractivity contribution in [3.05, 3.63) is 46.0 Å². The Morgan fingerprint density at radius 3 is 2.76 bits per heavy atom. The average Bonchev–Trinajstić information content (AvgIpc) is 2.92. The zero-order valence-corrected chi connectivity index (χ0v) is 11.8. The Morgan fingerprint density at radius 1 is 1.14 bits per heavy atom. The number of fused-ring (bicyclic) bond motifs is 2. The molecule has 0 atom stereocenters. The summed E-state index contributed by atoms with van der Waals surface area (Å²) >= 11 is 0. The van der Waals surface area contributed by atoms with Crippen LogP contribution in [0.5, 0.6) is 0 Å². The molecule has 1 aliphatic rings. The summed E-state index contributed by atoms with van der Waals surface area (Å²) < 4.78 is 3.38. The van der Waals surface area contributed by atoms with Gasteiger partial charge in [0, 0.05) is 13.0 Å². The van der Waals surface area contributed by atoms with E-state index in [0.29, 0.717) is 11.2 Å². The van der Waals surface area contributed by atoms with Crippen LogP contribution in [0, 0.1) is 6.92 Å². The second-order valence-corrected chi connectivity index (χ2v) is 5.45. The molecule has 1 aliphatic heterocycles. The molecule has 2 aromatic heterocycles. The van der Waals surface area contributed by atoms with E-state index in [-0.39, 0.29) is 5.56 Å². The predicted octanol–water partition coefficient (Wildman–Crippen LogP) is 1.62. The molecular formula is C15H15N5O. The van der Waals surface area contributed by atoms with Crippen LogP contribution in [0.15, 0.2) is 29.1 Å². The van der Waals surface area contributed by atoms with Gasteiger partial charge in [0.05, 0.1) is 5.69 Å². The highest BCUT2D eigenvalue weighted by Crippen LogP contribution is 2.16. The summed E-state index contributed by atoms with van der Waals surface area (Å²) in [4.78, 5) is 17.1. The second-order valence-electron chi connectivity index (χ2n) is 5.45. The molecule has 1 aromatic carbocycles. The van der Waals surface area contributed by atoms with Crippen molar-refractivity contribution in [1.29, 1.82) is 0 Å². The maximum Gasteiger partial charge on any atom is 0.283 e. The van der Waals surface area contributed by atoms with Crippen LogP contribution >= 0.6 is 0 Å². The molecular weight excluding hydrogens is 266 g/mol. The first-order valence-corrected chi connectivity index (χ1v) is 7.16. The number of aryl methyl sites for hydroxylation is 2. The third-order valence-corrected chi connectivity index (χ3v) is 3.95. The average molecular weight is 281 g/mol. The molecule has 6 nitrogen and oxygen atoms in total. The molecule has 3 heterocycles. The highest BCUT2D eigenvalue weighted by molar-refractivity contribution is 5.70. The van der Waals surface area contributed by atoms with Gasteiger partial charge in [-0.1, -0.05) is 22.9 Å². The third-order valence-electron chi connectivity index (χ3n) is 3.95. The fourth-order valence-electron chi connectivity index (χ4n) is 2.78. The van der Waals surface area contributed by atoms with E-state index in [1.165, 1.54) is 5.56 Å². The van der Waals surface area contributed by atoms with Gasteiger partial charge in [-0.3, -0.25) is 9.36 Å². The van der Waals surface area contributed by atoms with Gasteiger partial charge in [0.1, 0.15) is 5.82 Å². The molecule has 0 saturated carbocycles. The molecule has 0 aliphatic carbocycles. The minimum Gasteiger partial charge on any atom is -0.295 e. The second kappa shape index (κ2) is 4.51. The predicted molar refractivity (Wildman–Crippen MR) is 78.6 cm³/mol. The SMILES string of the molecule is Cc1ccc(-n2nnc3c(=O)n4c(nc32)CCCC4)cc1. The van der Waals surface area contributed by atoms with Crippen molar-refractivity contribution < 1.29 is 0 Å². The van der Waals surface area contributed by atoms with Crippen molar-refractivity contribution >= 4 is 11.2 Å². The first kappa shape index (κ1) is 12.3. The highest BCUT2D eigenvalue weighted by Gasteiger charge is 2.19. The van der Waals surface area contributed by atoms with Gasteiger partial charge in [-0.15, -0.1) is 5.10 Å². The van der Waals surface area contributed by atoms with Crippen LogP contribution < -0.4 is 5.56 Å². The third kappa shape index (κ3) is 1.86. The Balaban J connectivity index is 1.98. The van der Waals surface area contributed by atoms with Gasteiger partial charge in [-0.2, -0.15) is 4.68 Å². The fraction of sp³-hybridized carbons (Fsp3) is 0.333. The van der Waals surface area contributed by atoms with Crippen LogP contribution in [-0.4, -0.2) is 24.5 Å². The minimum atomic E-state index is -0.0759. The van der Waals surface area contributed by atoms with E-state index in [0.717, 1.165) is 37.3 Å². The quantitative estimate of drug-likeness (QED) is 0.680. The standard InChI is InChI=1S/C15H15N5O/c1-10-5-7-11(8-6-10)20-14-13(17-18-20)15(21)19-9-3-2-4-12(19)16-14/h5-8H,2-4,9H2,1H3. The molecule has 21 heavy (non-hydrogen) atoms. The van der Waals surface area contributed by atoms with Gasteiger partial charge in [0.15, 0.2) is 11.2 Å². The normalized spacial score (nSPS) is 14.3. The van der Waals surface area contributed by atoms with Crippen molar-refractivity contribution in [1.82, 2.24) is 24.5 Å². The maximum absolute atomic E-state index is 12.5. The molecule has 0 bridgehead atoms. The maximum atomic E-state index is 12.5. The van der Waals surface area contributed by atoms with E-state index < -0.39 is 0 Å². The minimum absolute atomic E-state index is 0.0759. The van der Waals surface area contributed by atoms with E-state index in [2.05, 4.69) is 15.3 Å². The van der Waals surface area contributed by atoms with E-state index in [9.17, 15) is 4.79 Å². The topological polar surface area (TPSA) is 65.6 Å². The van der Waals surface area contributed by atoms with Crippen molar-refractivity contribution in [2.45, 2.75) is 32.7 Å². The zero-order chi connectivity index (χ0) is 14.4. The summed E-state index contributed by atoms with van der Waals surface area (Å²) in [5.74, 6) is 0.842. The van der Waals surface area contributed by atoms with Crippen molar-refractivity contribution in [2.75, 3.05) is 0 Å². The lowest BCUT2D eigenvalue weighted by Crippen LogP contribution is -2.28. The lowest BCUT2D eigenvalue weighted by Gasteiger charge is -2.16. The van der Waals surface area contributed by atoms with Gasteiger partial charge in [-0.25, -0.2) is 4.98 Å². The fourth-order valence-corrected chi connectivity index (χ4v) is 2.78. The molecule has 0 unspecified atom stereocenters. The van der Waals surface area contributed by atoms with Crippen LogP contribution in [0.25, 0.3) is 16.9 Å². The van der Waals surface area contributed by atoms with Crippen molar-refractivity contribution in [3.8, 4) is 5.69 Å². The molecule has 106 valence electrons.